The predicted molar refractivity (Wildman–Crippen MR) is 98.6 cm³/mol. The Kier molecular flexibility index (Phi) is 3.59. The minimum atomic E-state index is 0.0394. The summed E-state index contributed by atoms with van der Waals surface area (Å²) in [5, 5.41) is 19.4. The van der Waals surface area contributed by atoms with Gasteiger partial charge < -0.3 is 5.11 Å². The number of aliphatic imine (C=N–C) groups is 1. The average Bonchev–Trinajstić information content (AvgIpc) is 3.11. The quantitative estimate of drug-likeness (QED) is 0.693. The number of hydrogen-bond acceptors (Lipinski definition) is 4. The number of hydrogen-bond donors (Lipinski definition) is 2. The summed E-state index contributed by atoms with van der Waals surface area (Å²) >= 11 is 7.12. The van der Waals surface area contributed by atoms with Gasteiger partial charge in [0.1, 0.15) is 0 Å². The lowest BCUT2D eigenvalue weighted by Gasteiger charge is -2.04. The Morgan fingerprint density at radius 3 is 2.67 bits per heavy atom. The molecule has 0 radical (unpaired) electrons. The molecule has 3 aromatic rings. The summed E-state index contributed by atoms with van der Waals surface area (Å²) in [7, 11) is 0. The van der Waals surface area contributed by atoms with E-state index in [1.165, 1.54) is 15.9 Å². The van der Waals surface area contributed by atoms with Gasteiger partial charge in [0.2, 0.25) is 5.88 Å². The zero-order valence-corrected chi connectivity index (χ0v) is 14.0. The van der Waals surface area contributed by atoms with E-state index in [1.54, 1.807) is 30.5 Å². The van der Waals surface area contributed by atoms with Crippen LogP contribution in [0.5, 0.6) is 5.88 Å². The molecular weight excluding hydrogens is 342 g/mol. The molecule has 2 heterocycles. The van der Waals surface area contributed by atoms with Gasteiger partial charge in [0.15, 0.2) is 4.80 Å². The Bertz CT molecular complexity index is 1040. The van der Waals surface area contributed by atoms with Crippen molar-refractivity contribution in [2.24, 2.45) is 4.99 Å². The Morgan fingerprint density at radius 2 is 1.88 bits per heavy atom. The van der Waals surface area contributed by atoms with Crippen LogP contribution in [-0.2, 0) is 0 Å². The number of nitrogens with one attached hydrogen (secondary N) is 1. The molecule has 2 N–H and O–H groups in total. The fourth-order valence-corrected chi connectivity index (χ4v) is 3.61. The molecule has 1 aliphatic rings. The van der Waals surface area contributed by atoms with Crippen LogP contribution in [0.1, 0.15) is 10.4 Å². The molecular formula is C18H12ClN3OS. The van der Waals surface area contributed by atoms with Crippen LogP contribution in [0.15, 0.2) is 53.5 Å². The molecule has 118 valence electrons. The molecule has 0 saturated heterocycles. The van der Waals surface area contributed by atoms with Gasteiger partial charge in [0.05, 0.1) is 16.3 Å². The summed E-state index contributed by atoms with van der Waals surface area (Å²) in [6, 6.07) is 14.9. The zero-order chi connectivity index (χ0) is 16.7. The number of para-hydroxylation sites is 1. The number of aromatic nitrogens is 1. The second-order valence-corrected chi connectivity index (χ2v) is 6.75. The molecule has 4 nitrogen and oxygen atoms in total. The third kappa shape index (κ3) is 2.48. The first-order chi connectivity index (χ1) is 11.6. The Morgan fingerprint density at radius 1 is 1.12 bits per heavy atom. The minimum absolute atomic E-state index is 0.0394. The lowest BCUT2D eigenvalue weighted by atomic mass is 10.1. The average molecular weight is 354 g/mol. The SMILES string of the molecule is N=c1sc(/C=C2\C=Nc3ccccc32)c(O)n1-c1ccc(Cl)cc1. The van der Waals surface area contributed by atoms with Crippen molar-refractivity contribution < 1.29 is 5.11 Å². The zero-order valence-electron chi connectivity index (χ0n) is 12.4. The van der Waals surface area contributed by atoms with Crippen LogP contribution in [0.4, 0.5) is 5.69 Å². The fourth-order valence-electron chi connectivity index (χ4n) is 2.62. The molecule has 0 bridgehead atoms. The van der Waals surface area contributed by atoms with Gasteiger partial charge in [-0.1, -0.05) is 41.1 Å². The number of benzene rings is 2. The van der Waals surface area contributed by atoms with Crippen molar-refractivity contribution in [1.29, 1.82) is 5.41 Å². The highest BCUT2D eigenvalue weighted by molar-refractivity contribution is 7.10. The number of nitrogens with zero attached hydrogens (tertiary/aromatic N) is 2. The summed E-state index contributed by atoms with van der Waals surface area (Å²) in [6.45, 7) is 0. The largest absolute Gasteiger partial charge is 0.493 e. The van der Waals surface area contributed by atoms with Crippen LogP contribution in [-0.4, -0.2) is 15.9 Å². The molecule has 0 amide bonds. The highest BCUT2D eigenvalue weighted by Crippen LogP contribution is 2.34. The number of aromatic hydroxyl groups is 1. The van der Waals surface area contributed by atoms with Crippen molar-refractivity contribution in [2.75, 3.05) is 0 Å². The molecule has 6 heteroatoms. The van der Waals surface area contributed by atoms with Crippen LogP contribution in [0, 0.1) is 5.41 Å². The van der Waals surface area contributed by atoms with E-state index in [2.05, 4.69) is 4.99 Å². The summed E-state index contributed by atoms with van der Waals surface area (Å²) in [6.07, 6.45) is 3.64. The van der Waals surface area contributed by atoms with E-state index in [-0.39, 0.29) is 10.7 Å². The van der Waals surface area contributed by atoms with Crippen LogP contribution in [0.2, 0.25) is 5.02 Å². The van der Waals surface area contributed by atoms with Gasteiger partial charge in [-0.3, -0.25) is 15.0 Å². The molecule has 0 atom stereocenters. The minimum Gasteiger partial charge on any atom is -0.493 e. The highest BCUT2D eigenvalue weighted by Gasteiger charge is 2.16. The number of halogens is 1. The molecule has 0 saturated carbocycles. The van der Waals surface area contributed by atoms with Crippen molar-refractivity contribution in [3.63, 3.8) is 0 Å². The van der Waals surface area contributed by atoms with Gasteiger partial charge in [-0.2, -0.15) is 0 Å². The van der Waals surface area contributed by atoms with Crippen LogP contribution in [0.3, 0.4) is 0 Å². The van der Waals surface area contributed by atoms with E-state index >= 15 is 0 Å². The molecule has 4 rings (SSSR count). The van der Waals surface area contributed by atoms with Crippen LogP contribution >= 0.6 is 22.9 Å². The third-order valence-electron chi connectivity index (χ3n) is 3.77. The standard InChI is InChI=1S/C18H12ClN3OS/c19-12-5-7-13(8-6-12)22-17(23)16(24-18(22)20)9-11-10-21-15-4-2-1-3-14(11)15/h1-10,20,23H/b11-9+,20-18?. The predicted octanol–water partition coefficient (Wildman–Crippen LogP) is 4.63. The maximum atomic E-state index is 10.6. The van der Waals surface area contributed by atoms with Crippen LogP contribution < -0.4 is 4.80 Å². The summed E-state index contributed by atoms with van der Waals surface area (Å²) < 4.78 is 1.49. The fraction of sp³-hybridized carbons (Fsp3) is 0. The summed E-state index contributed by atoms with van der Waals surface area (Å²) in [5.74, 6) is 0.0394. The molecule has 1 aliphatic heterocycles. The van der Waals surface area contributed by atoms with Crippen molar-refractivity contribution >= 4 is 46.5 Å². The number of rotatable bonds is 2. The topological polar surface area (TPSA) is 61.4 Å². The Hall–Kier alpha value is -2.63. The van der Waals surface area contributed by atoms with E-state index in [0.717, 1.165) is 16.8 Å². The first-order valence-corrected chi connectivity index (χ1v) is 8.43. The lowest BCUT2D eigenvalue weighted by molar-refractivity contribution is 0.438. The molecule has 0 spiro atoms. The van der Waals surface area contributed by atoms with Crippen molar-refractivity contribution in [2.45, 2.75) is 0 Å². The van der Waals surface area contributed by atoms with E-state index < -0.39 is 0 Å². The Balaban J connectivity index is 1.81. The second-order valence-electron chi connectivity index (χ2n) is 5.28. The van der Waals surface area contributed by atoms with Crippen molar-refractivity contribution in [3.05, 3.63) is 68.8 Å². The highest BCUT2D eigenvalue weighted by atomic mass is 35.5. The van der Waals surface area contributed by atoms with E-state index in [4.69, 9.17) is 17.0 Å². The third-order valence-corrected chi connectivity index (χ3v) is 4.92. The molecule has 1 aromatic heterocycles. The monoisotopic (exact) mass is 353 g/mol. The van der Waals surface area contributed by atoms with Gasteiger partial charge >= 0.3 is 0 Å². The molecule has 0 aliphatic carbocycles. The van der Waals surface area contributed by atoms with Crippen molar-refractivity contribution in [1.82, 2.24) is 4.57 Å². The maximum Gasteiger partial charge on any atom is 0.215 e. The van der Waals surface area contributed by atoms with E-state index in [1.807, 2.05) is 30.3 Å². The van der Waals surface area contributed by atoms with Gasteiger partial charge in [-0.05, 0) is 36.4 Å². The van der Waals surface area contributed by atoms with Crippen LogP contribution in [0.25, 0.3) is 17.3 Å². The van der Waals surface area contributed by atoms with Gasteiger partial charge in [-0.25, -0.2) is 0 Å². The lowest BCUT2D eigenvalue weighted by Crippen LogP contribution is -2.09. The summed E-state index contributed by atoms with van der Waals surface area (Å²) in [4.78, 5) is 5.22. The number of fused-ring (bicyclic) bond motifs is 1. The molecule has 24 heavy (non-hydrogen) atoms. The molecule has 0 unspecified atom stereocenters. The Labute approximate surface area is 147 Å². The first-order valence-electron chi connectivity index (χ1n) is 7.24. The smallest absolute Gasteiger partial charge is 0.215 e. The second kappa shape index (κ2) is 5.78. The molecule has 2 aromatic carbocycles. The van der Waals surface area contributed by atoms with E-state index in [9.17, 15) is 5.11 Å². The number of thiazole rings is 1. The first kappa shape index (κ1) is 14.9. The van der Waals surface area contributed by atoms with Gasteiger partial charge in [-0.15, -0.1) is 0 Å². The maximum absolute atomic E-state index is 10.6. The van der Waals surface area contributed by atoms with E-state index in [0.29, 0.717) is 15.6 Å². The molecule has 0 fully saturated rings. The van der Waals surface area contributed by atoms with Crippen molar-refractivity contribution in [3.8, 4) is 11.6 Å². The number of allylic oxidation sites excluding steroid dienone is 1. The van der Waals surface area contributed by atoms with Gasteiger partial charge in [0, 0.05) is 22.4 Å². The van der Waals surface area contributed by atoms with Gasteiger partial charge in [0.25, 0.3) is 0 Å². The normalized spacial score (nSPS) is 14.3. The summed E-state index contributed by atoms with van der Waals surface area (Å²) in [5.41, 5.74) is 3.56.